The second kappa shape index (κ2) is 5.21. The number of amides is 1. The zero-order valence-corrected chi connectivity index (χ0v) is 12.2. The number of imidazole rings is 1. The summed E-state index contributed by atoms with van der Waals surface area (Å²) in [6.45, 7) is 0. The number of benzene rings is 1. The second-order valence-corrected chi connectivity index (χ2v) is 5.29. The Bertz CT molecular complexity index is 731. The van der Waals surface area contributed by atoms with E-state index in [1.54, 1.807) is 22.9 Å². The lowest BCUT2D eigenvalue weighted by atomic mass is 10.3. The topological polar surface area (TPSA) is 70.4 Å². The summed E-state index contributed by atoms with van der Waals surface area (Å²) >= 11 is 3.18. The van der Waals surface area contributed by atoms with Gasteiger partial charge in [0, 0.05) is 10.7 Å². The first-order valence-corrected chi connectivity index (χ1v) is 6.78. The number of halogens is 2. The van der Waals surface area contributed by atoms with Crippen molar-refractivity contribution in [2.75, 3.05) is 5.32 Å². The van der Waals surface area contributed by atoms with Crippen molar-refractivity contribution in [3.8, 4) is 0 Å². The number of fused-ring (bicyclic) bond motifs is 1. The van der Waals surface area contributed by atoms with E-state index in [4.69, 9.17) is 0 Å². The first-order chi connectivity index (χ1) is 10.1. The molecule has 1 unspecified atom stereocenters. The highest BCUT2D eigenvalue weighted by Gasteiger charge is 2.27. The maximum atomic E-state index is 13.9. The van der Waals surface area contributed by atoms with Gasteiger partial charge in [0.1, 0.15) is 5.82 Å². The maximum absolute atomic E-state index is 13.9. The molecular weight excluding hydrogens is 343 g/mol. The first-order valence-electron chi connectivity index (χ1n) is 5.99. The second-order valence-electron chi connectivity index (χ2n) is 4.37. The molecule has 21 heavy (non-hydrogen) atoms. The van der Waals surface area contributed by atoms with Crippen LogP contribution in [0.1, 0.15) is 12.0 Å². The molecule has 1 aromatic heterocycles. The fourth-order valence-corrected chi connectivity index (χ4v) is 2.41. The number of aromatic nitrogens is 2. The molecule has 0 radical (unpaired) electrons. The summed E-state index contributed by atoms with van der Waals surface area (Å²) < 4.78 is 16.1. The highest BCUT2D eigenvalue weighted by molar-refractivity contribution is 9.10. The molecule has 8 heteroatoms. The van der Waals surface area contributed by atoms with Crippen LogP contribution in [0.15, 0.2) is 41.4 Å². The van der Waals surface area contributed by atoms with Gasteiger partial charge >= 0.3 is 6.09 Å². The van der Waals surface area contributed by atoms with Gasteiger partial charge in [0.15, 0.2) is 6.29 Å². The van der Waals surface area contributed by atoms with Crippen LogP contribution in [0.3, 0.4) is 0 Å². The highest BCUT2D eigenvalue weighted by atomic mass is 79.9. The van der Waals surface area contributed by atoms with E-state index in [1.807, 2.05) is 0 Å². The summed E-state index contributed by atoms with van der Waals surface area (Å²) in [6, 6.07) is 4.51. The molecule has 2 heterocycles. The van der Waals surface area contributed by atoms with E-state index in [0.29, 0.717) is 4.47 Å². The highest BCUT2D eigenvalue weighted by Crippen LogP contribution is 2.27. The molecule has 2 N–H and O–H groups in total. The number of nitrogens with one attached hydrogen (secondary N) is 1. The fraction of sp³-hybridized carbons (Fsp3) is 0.0769. The van der Waals surface area contributed by atoms with Crippen molar-refractivity contribution in [2.24, 2.45) is 0 Å². The van der Waals surface area contributed by atoms with Crippen LogP contribution in [0.4, 0.5) is 14.9 Å². The third kappa shape index (κ3) is 2.49. The van der Waals surface area contributed by atoms with Crippen LogP contribution in [0, 0.1) is 5.82 Å². The van der Waals surface area contributed by atoms with Gasteiger partial charge in [-0.25, -0.2) is 19.1 Å². The van der Waals surface area contributed by atoms with E-state index in [1.165, 1.54) is 24.7 Å². The van der Waals surface area contributed by atoms with E-state index in [-0.39, 0.29) is 5.69 Å². The van der Waals surface area contributed by atoms with Gasteiger partial charge in [-0.3, -0.25) is 4.57 Å². The number of hydrogen-bond donors (Lipinski definition) is 2. The molecule has 0 bridgehead atoms. The van der Waals surface area contributed by atoms with Crippen LogP contribution in [0.2, 0.25) is 0 Å². The average molecular weight is 353 g/mol. The zero-order chi connectivity index (χ0) is 15.0. The molecule has 108 valence electrons. The zero-order valence-electron chi connectivity index (χ0n) is 10.6. The summed E-state index contributed by atoms with van der Waals surface area (Å²) in [5.74, 6) is -0.481. The van der Waals surface area contributed by atoms with Crippen LogP contribution in [0.5, 0.6) is 0 Å². The quantitative estimate of drug-likeness (QED) is 0.869. The van der Waals surface area contributed by atoms with Gasteiger partial charge in [0.05, 0.1) is 23.9 Å². The Morgan fingerprint density at radius 1 is 1.48 bits per heavy atom. The van der Waals surface area contributed by atoms with Gasteiger partial charge in [-0.15, -0.1) is 0 Å². The fourth-order valence-electron chi connectivity index (χ4n) is 2.07. The van der Waals surface area contributed by atoms with Crippen LogP contribution in [0.25, 0.3) is 6.08 Å². The number of carbonyl (C=O) groups is 1. The van der Waals surface area contributed by atoms with Gasteiger partial charge in [-0.2, -0.15) is 0 Å². The SMILES string of the molecule is O=C(O)N1C=Cc2cncn2C1Nc1ccc(Br)cc1F. The molecule has 1 amide bonds. The summed E-state index contributed by atoms with van der Waals surface area (Å²) in [4.78, 5) is 16.3. The monoisotopic (exact) mass is 352 g/mol. The molecular formula is C13H10BrFN4O2. The minimum atomic E-state index is -1.15. The van der Waals surface area contributed by atoms with Crippen molar-refractivity contribution >= 4 is 33.8 Å². The van der Waals surface area contributed by atoms with Crippen molar-refractivity contribution in [1.82, 2.24) is 14.5 Å². The van der Waals surface area contributed by atoms with Gasteiger partial charge in [-0.1, -0.05) is 15.9 Å². The lowest BCUT2D eigenvalue weighted by Crippen LogP contribution is -2.39. The Labute approximate surface area is 127 Å². The Morgan fingerprint density at radius 2 is 2.29 bits per heavy atom. The van der Waals surface area contributed by atoms with Crippen molar-refractivity contribution in [1.29, 1.82) is 0 Å². The molecule has 1 aliphatic rings. The number of anilines is 1. The van der Waals surface area contributed by atoms with Gasteiger partial charge in [-0.05, 0) is 24.3 Å². The van der Waals surface area contributed by atoms with Gasteiger partial charge in [0.2, 0.25) is 0 Å². The minimum absolute atomic E-state index is 0.199. The molecule has 0 saturated heterocycles. The minimum Gasteiger partial charge on any atom is -0.465 e. The summed E-state index contributed by atoms with van der Waals surface area (Å²) in [7, 11) is 0. The van der Waals surface area contributed by atoms with Crippen molar-refractivity contribution < 1.29 is 14.3 Å². The summed E-state index contributed by atoms with van der Waals surface area (Å²) in [6.07, 6.45) is 4.16. The number of nitrogens with zero attached hydrogens (tertiary/aromatic N) is 3. The van der Waals surface area contributed by atoms with Gasteiger partial charge in [0.25, 0.3) is 0 Å². The lowest BCUT2D eigenvalue weighted by Gasteiger charge is -2.32. The normalized spacial score (nSPS) is 16.7. The molecule has 0 spiro atoms. The summed E-state index contributed by atoms with van der Waals surface area (Å²) in [5.41, 5.74) is 0.923. The third-order valence-corrected chi connectivity index (χ3v) is 3.56. The first kappa shape index (κ1) is 13.6. The molecule has 0 fully saturated rings. The van der Waals surface area contributed by atoms with Crippen LogP contribution < -0.4 is 5.32 Å². The van der Waals surface area contributed by atoms with Crippen LogP contribution >= 0.6 is 15.9 Å². The van der Waals surface area contributed by atoms with Crippen molar-refractivity contribution in [3.05, 3.63) is 52.9 Å². The van der Waals surface area contributed by atoms with Crippen LogP contribution in [-0.2, 0) is 0 Å². The average Bonchev–Trinajstić information content (AvgIpc) is 2.90. The molecule has 6 nitrogen and oxygen atoms in total. The largest absolute Gasteiger partial charge is 0.465 e. The lowest BCUT2D eigenvalue weighted by molar-refractivity contribution is 0.136. The van der Waals surface area contributed by atoms with E-state index in [2.05, 4.69) is 26.2 Å². The molecule has 2 aromatic rings. The third-order valence-electron chi connectivity index (χ3n) is 3.07. The molecule has 1 aromatic carbocycles. The Morgan fingerprint density at radius 3 is 3.00 bits per heavy atom. The van der Waals surface area contributed by atoms with Crippen molar-refractivity contribution in [3.63, 3.8) is 0 Å². The van der Waals surface area contributed by atoms with Gasteiger partial charge < -0.3 is 10.4 Å². The molecule has 0 aliphatic carbocycles. The maximum Gasteiger partial charge on any atom is 0.414 e. The summed E-state index contributed by atoms with van der Waals surface area (Å²) in [5, 5.41) is 12.1. The predicted molar refractivity (Wildman–Crippen MR) is 77.9 cm³/mol. The predicted octanol–water partition coefficient (Wildman–Crippen LogP) is 3.32. The standard InChI is InChI=1S/C13H10BrFN4O2/c14-8-1-2-11(10(15)5-8)17-12-18(13(20)21)4-3-9-6-16-7-19(9)12/h1-7,12,17H,(H,20,21). The number of hydrogen-bond acceptors (Lipinski definition) is 3. The van der Waals surface area contributed by atoms with Crippen LogP contribution in [-0.4, -0.2) is 25.7 Å². The molecule has 3 rings (SSSR count). The Kier molecular flexibility index (Phi) is 3.38. The smallest absolute Gasteiger partial charge is 0.414 e. The van der Waals surface area contributed by atoms with E-state index < -0.39 is 18.2 Å². The van der Waals surface area contributed by atoms with Crippen molar-refractivity contribution in [2.45, 2.75) is 6.29 Å². The Hall–Kier alpha value is -2.35. The van der Waals surface area contributed by atoms with E-state index in [0.717, 1.165) is 10.6 Å². The van der Waals surface area contributed by atoms with E-state index >= 15 is 0 Å². The van der Waals surface area contributed by atoms with E-state index in [9.17, 15) is 14.3 Å². The molecule has 1 aliphatic heterocycles. The molecule has 1 atom stereocenters. The number of carboxylic acid groups (broad SMARTS) is 1. The number of rotatable bonds is 2. The Balaban J connectivity index is 1.98. The molecule has 0 saturated carbocycles.